The van der Waals surface area contributed by atoms with E-state index in [9.17, 15) is 0 Å². The number of likely N-dealkylation sites (tertiary alicyclic amines) is 1. The van der Waals surface area contributed by atoms with Gasteiger partial charge in [0.1, 0.15) is 5.82 Å². The molecular formula is C24H32N8O. The van der Waals surface area contributed by atoms with Crippen molar-refractivity contribution in [2.45, 2.75) is 51.6 Å². The zero-order valence-corrected chi connectivity index (χ0v) is 19.6. The largest absolute Gasteiger partial charge is 0.433 e. The number of pyridine rings is 1. The summed E-state index contributed by atoms with van der Waals surface area (Å²) in [5.41, 5.74) is 8.72. The minimum atomic E-state index is 0.255. The lowest BCUT2D eigenvalue weighted by molar-refractivity contribution is 0.212. The van der Waals surface area contributed by atoms with Crippen LogP contribution in [0, 0.1) is 6.92 Å². The molecule has 33 heavy (non-hydrogen) atoms. The second-order valence-electron chi connectivity index (χ2n) is 9.28. The maximum atomic E-state index is 6.11. The third-order valence-corrected chi connectivity index (χ3v) is 6.70. The van der Waals surface area contributed by atoms with Crippen LogP contribution in [0.3, 0.4) is 0 Å². The molecule has 9 nitrogen and oxygen atoms in total. The standard InChI is InChI=1S/C24H32N8O/c1-16-11-18(12-22(28-16)31-8-4-5-17(31)2)21-14-26-23(25)24(29-21)33-20-13-27-32(15-20)19-6-9-30(3)10-7-19/h11-15,17,19H,4-10H2,1-3H3,(H2,25,26)/t17-/m1/s1. The summed E-state index contributed by atoms with van der Waals surface area (Å²) < 4.78 is 8.01. The van der Waals surface area contributed by atoms with E-state index in [4.69, 9.17) is 20.4 Å². The zero-order chi connectivity index (χ0) is 22.9. The van der Waals surface area contributed by atoms with Crippen molar-refractivity contribution < 1.29 is 4.74 Å². The fraction of sp³-hybridized carbons (Fsp3) is 0.500. The first-order chi connectivity index (χ1) is 16.0. The third kappa shape index (κ3) is 4.64. The highest BCUT2D eigenvalue weighted by Crippen LogP contribution is 2.31. The van der Waals surface area contributed by atoms with Crippen molar-refractivity contribution in [3.8, 4) is 22.9 Å². The molecule has 2 aliphatic heterocycles. The highest BCUT2D eigenvalue weighted by molar-refractivity contribution is 5.65. The van der Waals surface area contributed by atoms with Crippen LogP contribution < -0.4 is 15.4 Å². The summed E-state index contributed by atoms with van der Waals surface area (Å²) in [5.74, 6) is 2.14. The average Bonchev–Trinajstić information content (AvgIpc) is 3.44. The molecule has 3 aromatic rings. The summed E-state index contributed by atoms with van der Waals surface area (Å²) in [6, 6.07) is 4.98. The number of piperidine rings is 1. The molecule has 1 atom stereocenters. The molecule has 0 bridgehead atoms. The van der Waals surface area contributed by atoms with Gasteiger partial charge in [-0.15, -0.1) is 0 Å². The molecule has 0 amide bonds. The van der Waals surface area contributed by atoms with E-state index < -0.39 is 0 Å². The Hall–Kier alpha value is -3.20. The smallest absolute Gasteiger partial charge is 0.263 e. The number of nitrogens with two attached hydrogens (primary N) is 1. The van der Waals surface area contributed by atoms with Crippen molar-refractivity contribution in [3.05, 3.63) is 36.4 Å². The monoisotopic (exact) mass is 448 g/mol. The summed E-state index contributed by atoms with van der Waals surface area (Å²) >= 11 is 0. The first kappa shape index (κ1) is 21.6. The molecule has 9 heteroatoms. The van der Waals surface area contributed by atoms with E-state index in [0.717, 1.165) is 49.6 Å². The number of aromatic nitrogens is 5. The maximum Gasteiger partial charge on any atom is 0.263 e. The van der Waals surface area contributed by atoms with Crippen LogP contribution in [0.1, 0.15) is 44.3 Å². The van der Waals surface area contributed by atoms with Crippen LogP contribution >= 0.6 is 0 Å². The van der Waals surface area contributed by atoms with E-state index in [-0.39, 0.29) is 5.82 Å². The van der Waals surface area contributed by atoms with Gasteiger partial charge in [-0.3, -0.25) is 4.68 Å². The molecule has 0 spiro atoms. The number of anilines is 2. The fourth-order valence-electron chi connectivity index (χ4n) is 4.76. The third-order valence-electron chi connectivity index (χ3n) is 6.70. The van der Waals surface area contributed by atoms with Crippen molar-refractivity contribution in [1.82, 2.24) is 29.6 Å². The number of nitrogen functional groups attached to an aromatic ring is 1. The van der Waals surface area contributed by atoms with Gasteiger partial charge in [0, 0.05) is 23.8 Å². The molecule has 0 aliphatic carbocycles. The zero-order valence-electron chi connectivity index (χ0n) is 19.6. The molecule has 0 saturated carbocycles. The minimum absolute atomic E-state index is 0.255. The summed E-state index contributed by atoms with van der Waals surface area (Å²) in [6.45, 7) is 7.43. The first-order valence-corrected chi connectivity index (χ1v) is 11.7. The van der Waals surface area contributed by atoms with Gasteiger partial charge in [-0.1, -0.05) is 0 Å². The second kappa shape index (κ2) is 8.97. The quantitative estimate of drug-likeness (QED) is 0.631. The van der Waals surface area contributed by atoms with Crippen LogP contribution in [0.5, 0.6) is 11.6 Å². The fourth-order valence-corrected chi connectivity index (χ4v) is 4.76. The van der Waals surface area contributed by atoms with Gasteiger partial charge >= 0.3 is 0 Å². The van der Waals surface area contributed by atoms with Gasteiger partial charge < -0.3 is 20.3 Å². The van der Waals surface area contributed by atoms with Gasteiger partial charge in [0.15, 0.2) is 11.6 Å². The Morgan fingerprint density at radius 2 is 1.88 bits per heavy atom. The number of ether oxygens (including phenoxy) is 1. The molecule has 5 rings (SSSR count). The van der Waals surface area contributed by atoms with E-state index in [1.165, 1.54) is 12.8 Å². The summed E-state index contributed by atoms with van der Waals surface area (Å²) in [6.07, 6.45) is 9.87. The van der Waals surface area contributed by atoms with Crippen molar-refractivity contribution in [2.75, 3.05) is 37.3 Å². The molecule has 174 valence electrons. The Bertz CT molecular complexity index is 1120. The van der Waals surface area contributed by atoms with Crippen molar-refractivity contribution >= 4 is 11.6 Å². The first-order valence-electron chi connectivity index (χ1n) is 11.7. The van der Waals surface area contributed by atoms with E-state index in [1.807, 2.05) is 23.9 Å². The molecular weight excluding hydrogens is 416 g/mol. The molecule has 0 aromatic carbocycles. The Morgan fingerprint density at radius 1 is 1.06 bits per heavy atom. The molecule has 0 radical (unpaired) electrons. The van der Waals surface area contributed by atoms with Crippen molar-refractivity contribution in [2.24, 2.45) is 0 Å². The highest BCUT2D eigenvalue weighted by Gasteiger charge is 2.23. The minimum Gasteiger partial charge on any atom is -0.433 e. The number of hydrogen-bond donors (Lipinski definition) is 1. The predicted molar refractivity (Wildman–Crippen MR) is 129 cm³/mol. The average molecular weight is 449 g/mol. The maximum absolute atomic E-state index is 6.11. The Kier molecular flexibility index (Phi) is 5.88. The van der Waals surface area contributed by atoms with Gasteiger partial charge in [0.05, 0.1) is 30.3 Å². The predicted octanol–water partition coefficient (Wildman–Crippen LogP) is 3.67. The molecule has 3 aromatic heterocycles. The van der Waals surface area contributed by atoms with E-state index >= 15 is 0 Å². The van der Waals surface area contributed by atoms with Crippen LogP contribution in [-0.2, 0) is 0 Å². The Labute approximate surface area is 194 Å². The number of hydrogen-bond acceptors (Lipinski definition) is 8. The van der Waals surface area contributed by atoms with E-state index in [2.05, 4.69) is 39.9 Å². The normalized spacial score (nSPS) is 19.8. The van der Waals surface area contributed by atoms with Gasteiger partial charge in [-0.25, -0.2) is 15.0 Å². The topological polar surface area (TPSA) is 98.2 Å². The summed E-state index contributed by atoms with van der Waals surface area (Å²) in [5, 5.41) is 4.52. The van der Waals surface area contributed by atoms with Gasteiger partial charge in [0.2, 0.25) is 0 Å². The van der Waals surface area contributed by atoms with E-state index in [1.54, 1.807) is 12.4 Å². The van der Waals surface area contributed by atoms with Crippen molar-refractivity contribution in [3.63, 3.8) is 0 Å². The number of aryl methyl sites for hydroxylation is 1. The lowest BCUT2D eigenvalue weighted by atomic mass is 10.1. The molecule has 2 fully saturated rings. The molecule has 0 unspecified atom stereocenters. The molecule has 2 saturated heterocycles. The molecule has 2 aliphatic rings. The van der Waals surface area contributed by atoms with Gasteiger partial charge in [-0.05, 0) is 71.8 Å². The molecule has 5 heterocycles. The SMILES string of the molecule is Cc1cc(-c2cnc(N)c(Oc3cnn(C4CCN(C)CC4)c3)n2)cc(N2CCC[C@H]2C)n1. The highest BCUT2D eigenvalue weighted by atomic mass is 16.5. The lowest BCUT2D eigenvalue weighted by Crippen LogP contribution is -2.31. The van der Waals surface area contributed by atoms with Crippen LogP contribution in [0.4, 0.5) is 11.6 Å². The lowest BCUT2D eigenvalue weighted by Gasteiger charge is -2.28. The summed E-state index contributed by atoms with van der Waals surface area (Å²) in [7, 11) is 2.15. The Morgan fingerprint density at radius 3 is 2.64 bits per heavy atom. The Balaban J connectivity index is 1.38. The second-order valence-corrected chi connectivity index (χ2v) is 9.28. The molecule has 2 N–H and O–H groups in total. The van der Waals surface area contributed by atoms with Gasteiger partial charge in [-0.2, -0.15) is 5.10 Å². The van der Waals surface area contributed by atoms with E-state index in [0.29, 0.717) is 29.4 Å². The van der Waals surface area contributed by atoms with Crippen molar-refractivity contribution in [1.29, 1.82) is 0 Å². The van der Waals surface area contributed by atoms with Crippen LogP contribution in [0.2, 0.25) is 0 Å². The number of rotatable bonds is 5. The van der Waals surface area contributed by atoms with Crippen LogP contribution in [-0.4, -0.2) is 62.4 Å². The number of nitrogens with zero attached hydrogens (tertiary/aromatic N) is 7. The summed E-state index contributed by atoms with van der Waals surface area (Å²) in [4.78, 5) is 18.5. The van der Waals surface area contributed by atoms with Gasteiger partial charge in [0.25, 0.3) is 5.88 Å². The van der Waals surface area contributed by atoms with Crippen LogP contribution in [0.25, 0.3) is 11.3 Å². The van der Waals surface area contributed by atoms with Crippen LogP contribution in [0.15, 0.2) is 30.7 Å².